The summed E-state index contributed by atoms with van der Waals surface area (Å²) in [6.07, 6.45) is 0. The Morgan fingerprint density at radius 3 is 2.40 bits per heavy atom. The highest BCUT2D eigenvalue weighted by Gasteiger charge is 2.18. The Kier molecular flexibility index (Phi) is 2.64. The van der Waals surface area contributed by atoms with E-state index in [2.05, 4.69) is 50.9 Å². The molecule has 0 bridgehead atoms. The van der Waals surface area contributed by atoms with E-state index in [0.717, 1.165) is 6.54 Å². The van der Waals surface area contributed by atoms with Gasteiger partial charge in [0.1, 0.15) is 0 Å². The van der Waals surface area contributed by atoms with Crippen LogP contribution in [0.15, 0.2) is 23.2 Å². The van der Waals surface area contributed by atoms with Gasteiger partial charge in [-0.3, -0.25) is 4.99 Å². The van der Waals surface area contributed by atoms with Gasteiger partial charge in [-0.25, -0.2) is 0 Å². The summed E-state index contributed by atoms with van der Waals surface area (Å²) in [5.41, 5.74) is 5.48. The van der Waals surface area contributed by atoms with Crippen LogP contribution < -0.4 is 0 Å². The molecule has 0 saturated heterocycles. The van der Waals surface area contributed by atoms with Gasteiger partial charge < -0.3 is 0 Å². The second-order valence-corrected chi connectivity index (χ2v) is 4.93. The Morgan fingerprint density at radius 2 is 1.80 bits per heavy atom. The van der Waals surface area contributed by atoms with Gasteiger partial charge in [0.2, 0.25) is 0 Å². The molecule has 1 heteroatoms. The summed E-state index contributed by atoms with van der Waals surface area (Å²) >= 11 is 0. The fraction of sp³-hybridized carbons (Fsp3) is 0.500. The summed E-state index contributed by atoms with van der Waals surface area (Å²) in [7, 11) is 0. The van der Waals surface area contributed by atoms with Crippen LogP contribution in [0.4, 0.5) is 0 Å². The molecule has 0 saturated carbocycles. The molecular weight excluding hydrogens is 182 g/mol. The van der Waals surface area contributed by atoms with Crippen molar-refractivity contribution < 1.29 is 0 Å². The fourth-order valence-corrected chi connectivity index (χ4v) is 2.10. The summed E-state index contributed by atoms with van der Waals surface area (Å²) < 4.78 is 0. The largest absolute Gasteiger partial charge is 0.284 e. The van der Waals surface area contributed by atoms with Gasteiger partial charge in [-0.1, -0.05) is 45.9 Å². The second-order valence-electron chi connectivity index (χ2n) is 4.93. The molecule has 0 N–H and O–H groups in total. The number of aliphatic imine (C=N–C) groups is 1. The van der Waals surface area contributed by atoms with Gasteiger partial charge in [-0.2, -0.15) is 0 Å². The van der Waals surface area contributed by atoms with E-state index in [-0.39, 0.29) is 0 Å². The molecule has 2 rings (SSSR count). The van der Waals surface area contributed by atoms with Gasteiger partial charge in [0, 0.05) is 11.3 Å². The van der Waals surface area contributed by atoms with E-state index in [9.17, 15) is 0 Å². The number of nitrogens with zero attached hydrogens (tertiary/aromatic N) is 1. The highest BCUT2D eigenvalue weighted by atomic mass is 14.8. The molecule has 0 radical (unpaired) electrons. The van der Waals surface area contributed by atoms with Crippen LogP contribution in [-0.4, -0.2) is 5.71 Å². The van der Waals surface area contributed by atoms with Gasteiger partial charge in [0.05, 0.1) is 6.54 Å². The predicted molar refractivity (Wildman–Crippen MR) is 65.6 cm³/mol. The number of hydrogen-bond acceptors (Lipinski definition) is 1. The van der Waals surface area contributed by atoms with E-state index in [0.29, 0.717) is 11.8 Å². The normalized spacial score (nSPS) is 14.7. The SMILES string of the molecule is CC(C)C1=NCc2cc(C(C)C)ccc21. The van der Waals surface area contributed by atoms with Crippen molar-refractivity contribution in [2.75, 3.05) is 0 Å². The van der Waals surface area contributed by atoms with Crippen molar-refractivity contribution in [3.8, 4) is 0 Å². The van der Waals surface area contributed by atoms with E-state index in [1.54, 1.807) is 0 Å². The molecule has 0 atom stereocenters. The van der Waals surface area contributed by atoms with E-state index >= 15 is 0 Å². The second kappa shape index (κ2) is 3.80. The molecule has 0 aromatic heterocycles. The summed E-state index contributed by atoms with van der Waals surface area (Å²) in [6.45, 7) is 9.78. The zero-order valence-electron chi connectivity index (χ0n) is 10.0. The van der Waals surface area contributed by atoms with Crippen molar-refractivity contribution in [3.05, 3.63) is 34.9 Å². The van der Waals surface area contributed by atoms with Gasteiger partial charge in [0.25, 0.3) is 0 Å². The molecule has 0 amide bonds. The third kappa shape index (κ3) is 1.83. The quantitative estimate of drug-likeness (QED) is 0.690. The van der Waals surface area contributed by atoms with Crippen molar-refractivity contribution in [2.24, 2.45) is 10.9 Å². The average Bonchev–Trinajstić information content (AvgIpc) is 2.59. The molecule has 1 aromatic carbocycles. The molecule has 0 fully saturated rings. The van der Waals surface area contributed by atoms with Crippen molar-refractivity contribution in [3.63, 3.8) is 0 Å². The minimum atomic E-state index is 0.538. The maximum atomic E-state index is 4.62. The van der Waals surface area contributed by atoms with Crippen molar-refractivity contribution in [1.82, 2.24) is 0 Å². The lowest BCUT2D eigenvalue weighted by Crippen LogP contribution is -2.07. The van der Waals surface area contributed by atoms with Crippen molar-refractivity contribution in [2.45, 2.75) is 40.2 Å². The topological polar surface area (TPSA) is 12.4 Å². The molecule has 1 aromatic rings. The molecule has 0 spiro atoms. The first-order valence-electron chi connectivity index (χ1n) is 5.77. The molecule has 80 valence electrons. The van der Waals surface area contributed by atoms with Gasteiger partial charge in [0.15, 0.2) is 0 Å². The first-order valence-corrected chi connectivity index (χ1v) is 5.77. The van der Waals surface area contributed by atoms with E-state index in [1.807, 2.05) is 0 Å². The summed E-state index contributed by atoms with van der Waals surface area (Å²) in [5, 5.41) is 0. The van der Waals surface area contributed by atoms with Crippen LogP contribution in [0.3, 0.4) is 0 Å². The Bertz CT molecular complexity index is 400. The number of benzene rings is 1. The van der Waals surface area contributed by atoms with Gasteiger partial charge >= 0.3 is 0 Å². The standard InChI is InChI=1S/C14H19N/c1-9(2)11-5-6-13-12(7-11)8-15-14(13)10(3)4/h5-7,9-10H,8H2,1-4H3. The van der Waals surface area contributed by atoms with Crippen LogP contribution in [-0.2, 0) is 6.54 Å². The number of rotatable bonds is 2. The van der Waals surface area contributed by atoms with E-state index < -0.39 is 0 Å². The number of fused-ring (bicyclic) bond motifs is 1. The van der Waals surface area contributed by atoms with E-state index in [4.69, 9.17) is 0 Å². The Hall–Kier alpha value is -1.11. The molecule has 15 heavy (non-hydrogen) atoms. The minimum Gasteiger partial charge on any atom is -0.284 e. The van der Waals surface area contributed by atoms with Crippen LogP contribution in [0, 0.1) is 5.92 Å². The summed E-state index contributed by atoms with van der Waals surface area (Å²) in [4.78, 5) is 4.62. The Labute approximate surface area is 92.2 Å². The average molecular weight is 201 g/mol. The maximum Gasteiger partial charge on any atom is 0.0649 e. The number of hydrogen-bond donors (Lipinski definition) is 0. The van der Waals surface area contributed by atoms with Crippen molar-refractivity contribution in [1.29, 1.82) is 0 Å². The van der Waals surface area contributed by atoms with Crippen LogP contribution in [0.1, 0.15) is 50.3 Å². The lowest BCUT2D eigenvalue weighted by atomic mass is 9.94. The van der Waals surface area contributed by atoms with Crippen molar-refractivity contribution >= 4 is 5.71 Å². The highest BCUT2D eigenvalue weighted by molar-refractivity contribution is 6.04. The van der Waals surface area contributed by atoms with E-state index in [1.165, 1.54) is 22.4 Å². The monoisotopic (exact) mass is 201 g/mol. The third-order valence-corrected chi connectivity index (χ3v) is 3.04. The highest BCUT2D eigenvalue weighted by Crippen LogP contribution is 2.26. The van der Waals surface area contributed by atoms with Crippen LogP contribution >= 0.6 is 0 Å². The fourth-order valence-electron chi connectivity index (χ4n) is 2.10. The molecule has 1 aliphatic heterocycles. The molecule has 1 nitrogen and oxygen atoms in total. The maximum absolute atomic E-state index is 4.62. The zero-order chi connectivity index (χ0) is 11.0. The first-order chi connectivity index (χ1) is 7.09. The van der Waals surface area contributed by atoms with Crippen LogP contribution in [0.2, 0.25) is 0 Å². The molecule has 1 aliphatic rings. The smallest absolute Gasteiger partial charge is 0.0649 e. The Morgan fingerprint density at radius 1 is 1.07 bits per heavy atom. The van der Waals surface area contributed by atoms with Crippen LogP contribution in [0.5, 0.6) is 0 Å². The lowest BCUT2D eigenvalue weighted by molar-refractivity contribution is 0.862. The zero-order valence-corrected chi connectivity index (χ0v) is 10.0. The molecular formula is C14H19N. The minimum absolute atomic E-state index is 0.538. The van der Waals surface area contributed by atoms with Crippen LogP contribution in [0.25, 0.3) is 0 Å². The first kappa shape index (κ1) is 10.4. The van der Waals surface area contributed by atoms with Gasteiger partial charge in [-0.15, -0.1) is 0 Å². The predicted octanol–water partition coefficient (Wildman–Crippen LogP) is 3.77. The molecule has 0 unspecified atom stereocenters. The van der Waals surface area contributed by atoms with Gasteiger partial charge in [-0.05, 0) is 23.0 Å². The summed E-state index contributed by atoms with van der Waals surface area (Å²) in [5.74, 6) is 1.15. The summed E-state index contributed by atoms with van der Waals surface area (Å²) in [6, 6.07) is 6.81. The molecule has 0 aliphatic carbocycles. The molecule has 1 heterocycles. The lowest BCUT2D eigenvalue weighted by Gasteiger charge is -2.10. The Balaban J connectivity index is 2.38. The third-order valence-electron chi connectivity index (χ3n) is 3.04.